The van der Waals surface area contributed by atoms with Crippen LogP contribution in [0, 0.1) is 17.7 Å². The van der Waals surface area contributed by atoms with Crippen molar-refractivity contribution >= 4 is 21.7 Å². The summed E-state index contributed by atoms with van der Waals surface area (Å²) < 4.78 is 46.7. The number of ether oxygens (including phenoxy) is 1. The zero-order valence-electron chi connectivity index (χ0n) is 24.5. The lowest BCUT2D eigenvalue weighted by Gasteiger charge is -2.41. The normalized spacial score (nSPS) is 19.7. The number of benzene rings is 1. The van der Waals surface area contributed by atoms with Gasteiger partial charge in [0.05, 0.1) is 17.5 Å². The van der Waals surface area contributed by atoms with Gasteiger partial charge in [0.1, 0.15) is 17.9 Å². The Morgan fingerprint density at radius 2 is 1.83 bits per heavy atom. The summed E-state index contributed by atoms with van der Waals surface area (Å²) in [4.78, 5) is 25.6. The fourth-order valence-electron chi connectivity index (χ4n) is 5.58. The van der Waals surface area contributed by atoms with Crippen LogP contribution >= 0.6 is 0 Å². The summed E-state index contributed by atoms with van der Waals surface area (Å²) in [5.74, 6) is 1.67. The number of rotatable bonds is 13. The van der Waals surface area contributed by atoms with E-state index >= 15 is 0 Å². The predicted octanol–water partition coefficient (Wildman–Crippen LogP) is 3.80. The second kappa shape index (κ2) is 13.9. The maximum absolute atomic E-state index is 14.1. The minimum atomic E-state index is -3.15. The predicted molar refractivity (Wildman–Crippen MR) is 157 cm³/mol. The molecular weight excluding hydrogens is 547 g/mol. The first-order chi connectivity index (χ1) is 19.6. The molecule has 1 aromatic heterocycles. The maximum Gasteiger partial charge on any atom is 0.257 e. The van der Waals surface area contributed by atoms with E-state index < -0.39 is 15.8 Å². The van der Waals surface area contributed by atoms with Crippen LogP contribution in [-0.2, 0) is 10.0 Å². The molecule has 1 saturated carbocycles. The molecule has 2 fully saturated rings. The second-order valence-corrected chi connectivity index (χ2v) is 13.3. The van der Waals surface area contributed by atoms with Crippen molar-refractivity contribution in [1.29, 1.82) is 0 Å². The molecule has 0 atom stereocenters. The Labute approximate surface area is 243 Å². The summed E-state index contributed by atoms with van der Waals surface area (Å²) in [6.07, 6.45) is 6.84. The van der Waals surface area contributed by atoms with Crippen molar-refractivity contribution < 1.29 is 22.3 Å². The third-order valence-corrected chi connectivity index (χ3v) is 9.42. The number of amides is 1. The van der Waals surface area contributed by atoms with Crippen LogP contribution in [0.3, 0.4) is 0 Å². The van der Waals surface area contributed by atoms with E-state index in [4.69, 9.17) is 4.74 Å². The van der Waals surface area contributed by atoms with Gasteiger partial charge in [0, 0.05) is 44.2 Å². The number of hydrogen-bond acceptors (Lipinski definition) is 8. The van der Waals surface area contributed by atoms with Gasteiger partial charge in [-0.15, -0.1) is 0 Å². The van der Waals surface area contributed by atoms with Crippen LogP contribution in [0.5, 0.6) is 11.5 Å². The molecule has 4 rings (SSSR count). The molecule has 226 valence electrons. The molecule has 0 radical (unpaired) electrons. The van der Waals surface area contributed by atoms with Gasteiger partial charge in [-0.2, -0.15) is 0 Å². The highest BCUT2D eigenvalue weighted by Gasteiger charge is 2.31. The number of anilines is 1. The van der Waals surface area contributed by atoms with Crippen LogP contribution in [0.2, 0.25) is 0 Å². The van der Waals surface area contributed by atoms with Crippen molar-refractivity contribution in [3.05, 3.63) is 42.1 Å². The highest BCUT2D eigenvalue weighted by Crippen LogP contribution is 2.35. The van der Waals surface area contributed by atoms with Gasteiger partial charge in [0.2, 0.25) is 10.0 Å². The Morgan fingerprint density at radius 3 is 2.49 bits per heavy atom. The van der Waals surface area contributed by atoms with Crippen LogP contribution < -0.4 is 19.7 Å². The van der Waals surface area contributed by atoms with Gasteiger partial charge in [0.25, 0.3) is 5.91 Å². The Hall–Kier alpha value is -2.83. The summed E-state index contributed by atoms with van der Waals surface area (Å²) in [5, 5.41) is 3.60. The van der Waals surface area contributed by atoms with Gasteiger partial charge in [-0.25, -0.2) is 27.5 Å². The van der Waals surface area contributed by atoms with Crippen molar-refractivity contribution in [3.8, 4) is 11.5 Å². The van der Waals surface area contributed by atoms with E-state index in [1.54, 1.807) is 18.0 Å². The van der Waals surface area contributed by atoms with Crippen molar-refractivity contribution in [2.45, 2.75) is 65.5 Å². The van der Waals surface area contributed by atoms with E-state index in [2.05, 4.69) is 24.9 Å². The number of aromatic nitrogens is 2. The molecule has 2 N–H and O–H groups in total. The number of nitrogens with zero attached hydrogens (tertiary/aromatic N) is 4. The van der Waals surface area contributed by atoms with Gasteiger partial charge < -0.3 is 19.9 Å². The van der Waals surface area contributed by atoms with Crippen LogP contribution in [-0.4, -0.2) is 79.8 Å². The number of carbonyl (C=O) groups is 1. The van der Waals surface area contributed by atoms with Gasteiger partial charge >= 0.3 is 0 Å². The lowest BCUT2D eigenvalue weighted by Crippen LogP contribution is -2.51. The van der Waals surface area contributed by atoms with Crippen LogP contribution in [0.15, 0.2) is 30.7 Å². The molecule has 0 bridgehead atoms. The van der Waals surface area contributed by atoms with E-state index in [9.17, 15) is 17.6 Å². The molecule has 2 aliphatic rings. The fraction of sp³-hybridized carbons (Fsp3) is 0.621. The Balaban J connectivity index is 1.29. The summed E-state index contributed by atoms with van der Waals surface area (Å²) in [5.41, 5.74) is 0.165. The van der Waals surface area contributed by atoms with E-state index in [0.29, 0.717) is 29.9 Å². The van der Waals surface area contributed by atoms with E-state index in [1.807, 2.05) is 20.8 Å². The minimum Gasteiger partial charge on any atom is -0.451 e. The van der Waals surface area contributed by atoms with Crippen molar-refractivity contribution in [2.24, 2.45) is 11.8 Å². The Morgan fingerprint density at radius 1 is 1.12 bits per heavy atom. The number of halogens is 1. The largest absolute Gasteiger partial charge is 0.451 e. The smallest absolute Gasteiger partial charge is 0.257 e. The molecule has 41 heavy (non-hydrogen) atoms. The third-order valence-electron chi connectivity index (χ3n) is 7.97. The van der Waals surface area contributed by atoms with Crippen LogP contribution in [0.1, 0.15) is 63.7 Å². The summed E-state index contributed by atoms with van der Waals surface area (Å²) >= 11 is 0. The summed E-state index contributed by atoms with van der Waals surface area (Å²) in [7, 11) is -3.15. The average molecular weight is 591 g/mol. The zero-order chi connectivity index (χ0) is 29.6. The molecule has 0 unspecified atom stereocenters. The lowest BCUT2D eigenvalue weighted by atomic mass is 9.86. The summed E-state index contributed by atoms with van der Waals surface area (Å²) in [6.45, 7) is 11.3. The molecule has 10 nitrogen and oxygen atoms in total. The van der Waals surface area contributed by atoms with Gasteiger partial charge in [-0.05, 0) is 84.0 Å². The Kier molecular flexibility index (Phi) is 10.5. The monoisotopic (exact) mass is 590 g/mol. The molecule has 1 amide bonds. The minimum absolute atomic E-state index is 0.0393. The second-order valence-electron chi connectivity index (χ2n) is 11.3. The van der Waals surface area contributed by atoms with E-state index in [1.165, 1.54) is 24.5 Å². The maximum atomic E-state index is 14.1. The van der Waals surface area contributed by atoms with E-state index in [-0.39, 0.29) is 35.1 Å². The molecule has 1 aliphatic carbocycles. The molecular formula is C29H43FN6O4S. The molecule has 12 heteroatoms. The molecule has 2 heterocycles. The number of sulfonamides is 1. The average Bonchev–Trinajstić information content (AvgIpc) is 2.92. The summed E-state index contributed by atoms with van der Waals surface area (Å²) in [6, 6.07) is 3.99. The fourth-order valence-corrected chi connectivity index (χ4v) is 6.49. The molecule has 2 aromatic rings. The first-order valence-corrected chi connectivity index (χ1v) is 16.3. The SMILES string of the molecule is CCN(C(=O)c1cc(F)ccc1Oc1cncnc1N1CC(CNC[C@H]2CC[C@H](NS(=O)(=O)CC)CC2)C1)C(C)C. The van der Waals surface area contributed by atoms with Crippen molar-refractivity contribution in [1.82, 2.24) is 24.9 Å². The number of nitrogens with one attached hydrogen (secondary N) is 2. The lowest BCUT2D eigenvalue weighted by molar-refractivity contribution is 0.0713. The topological polar surface area (TPSA) is 117 Å². The van der Waals surface area contributed by atoms with Crippen LogP contribution in [0.4, 0.5) is 10.2 Å². The standard InChI is InChI=1S/C29H43FN6O4S/c1-5-36(20(3)4)29(37)25-13-23(30)9-12-26(25)40-27-16-32-19-33-28(27)35-17-22(18-35)15-31-14-21-7-10-24(11-8-21)34-41(38,39)6-2/h9,12-13,16,19-22,24,31,34H,5-8,10-11,14-15,17-18H2,1-4H3/t21-,24-. The zero-order valence-corrected chi connectivity index (χ0v) is 25.3. The molecule has 1 aliphatic heterocycles. The molecule has 0 spiro atoms. The van der Waals surface area contributed by atoms with E-state index in [0.717, 1.165) is 51.9 Å². The number of carbonyl (C=O) groups excluding carboxylic acids is 1. The molecule has 1 aromatic carbocycles. The van der Waals surface area contributed by atoms with Crippen molar-refractivity contribution in [2.75, 3.05) is 43.4 Å². The highest BCUT2D eigenvalue weighted by molar-refractivity contribution is 7.89. The Bertz CT molecular complexity index is 1280. The molecule has 1 saturated heterocycles. The van der Waals surface area contributed by atoms with Gasteiger partial charge in [0.15, 0.2) is 11.6 Å². The van der Waals surface area contributed by atoms with Gasteiger partial charge in [-0.1, -0.05) is 0 Å². The quantitative estimate of drug-likeness (QED) is 0.362. The first kappa shape index (κ1) is 31.1. The van der Waals surface area contributed by atoms with Crippen molar-refractivity contribution in [3.63, 3.8) is 0 Å². The highest BCUT2D eigenvalue weighted by atomic mass is 32.2. The first-order valence-electron chi connectivity index (χ1n) is 14.6. The third kappa shape index (κ3) is 8.14. The van der Waals surface area contributed by atoms with Gasteiger partial charge in [-0.3, -0.25) is 4.79 Å². The number of hydrogen-bond donors (Lipinski definition) is 2. The van der Waals surface area contributed by atoms with Crippen LogP contribution in [0.25, 0.3) is 0 Å².